The van der Waals surface area contributed by atoms with Crippen LogP contribution < -0.4 is 9.47 Å². The van der Waals surface area contributed by atoms with Crippen LogP contribution in [0.3, 0.4) is 0 Å². The van der Waals surface area contributed by atoms with Crippen molar-refractivity contribution in [2.45, 2.75) is 19.3 Å². The molecular weight excluding hydrogens is 324 g/mol. The molecule has 25 heavy (non-hydrogen) atoms. The molecule has 1 unspecified atom stereocenters. The molecule has 0 spiro atoms. The standard InChI is InChI=1S/C19H20O6/c1-11(8-17(20)21)14-9-15(18(25-3)16(10-14)24-2)12-4-6-13(7-5-12)19(22)23/h4-7,9-11H,8H2,1-3H3,(H,20,21)(H,22,23). The number of hydrogen-bond acceptors (Lipinski definition) is 4. The van der Waals surface area contributed by atoms with Gasteiger partial charge in [-0.05, 0) is 41.3 Å². The van der Waals surface area contributed by atoms with Crippen LogP contribution in [0.1, 0.15) is 35.2 Å². The van der Waals surface area contributed by atoms with Gasteiger partial charge in [0.1, 0.15) is 0 Å². The Morgan fingerprint density at radius 1 is 1.04 bits per heavy atom. The highest BCUT2D eigenvalue weighted by atomic mass is 16.5. The van der Waals surface area contributed by atoms with E-state index in [0.717, 1.165) is 11.1 Å². The number of carboxylic acids is 2. The van der Waals surface area contributed by atoms with E-state index in [9.17, 15) is 9.59 Å². The fraction of sp³-hybridized carbons (Fsp3) is 0.263. The van der Waals surface area contributed by atoms with E-state index in [0.29, 0.717) is 17.1 Å². The number of carbonyl (C=O) groups is 2. The Morgan fingerprint density at radius 2 is 1.68 bits per heavy atom. The van der Waals surface area contributed by atoms with Crippen molar-refractivity contribution in [3.8, 4) is 22.6 Å². The maximum absolute atomic E-state index is 11.0. The van der Waals surface area contributed by atoms with Crippen LogP contribution in [0, 0.1) is 0 Å². The number of benzene rings is 2. The van der Waals surface area contributed by atoms with Crippen molar-refractivity contribution in [2.24, 2.45) is 0 Å². The summed E-state index contributed by atoms with van der Waals surface area (Å²) in [4.78, 5) is 22.0. The van der Waals surface area contributed by atoms with Crippen LogP contribution in [0.5, 0.6) is 11.5 Å². The first-order valence-electron chi connectivity index (χ1n) is 7.68. The SMILES string of the molecule is COc1cc(C(C)CC(=O)O)cc(-c2ccc(C(=O)O)cc2)c1OC. The van der Waals surface area contributed by atoms with E-state index in [1.54, 1.807) is 18.2 Å². The molecule has 0 amide bonds. The summed E-state index contributed by atoms with van der Waals surface area (Å²) in [6.07, 6.45) is -0.00707. The number of ether oxygens (including phenoxy) is 2. The second-order valence-electron chi connectivity index (χ2n) is 5.69. The van der Waals surface area contributed by atoms with Crippen LogP contribution >= 0.6 is 0 Å². The van der Waals surface area contributed by atoms with Gasteiger partial charge in [0, 0.05) is 5.56 Å². The molecule has 0 fully saturated rings. The third-order valence-corrected chi connectivity index (χ3v) is 3.99. The summed E-state index contributed by atoms with van der Waals surface area (Å²) in [5, 5.41) is 18.1. The van der Waals surface area contributed by atoms with Gasteiger partial charge < -0.3 is 19.7 Å². The molecule has 6 nitrogen and oxygen atoms in total. The summed E-state index contributed by atoms with van der Waals surface area (Å²) in [5.41, 5.74) is 2.46. The van der Waals surface area contributed by atoms with Crippen LogP contribution in [-0.4, -0.2) is 36.4 Å². The molecular formula is C19H20O6. The number of methoxy groups -OCH3 is 2. The summed E-state index contributed by atoms with van der Waals surface area (Å²) in [6, 6.07) is 10.0. The van der Waals surface area contributed by atoms with Crippen LogP contribution in [0.25, 0.3) is 11.1 Å². The van der Waals surface area contributed by atoms with Crippen molar-refractivity contribution >= 4 is 11.9 Å². The number of aromatic carboxylic acids is 1. The number of rotatable bonds is 7. The van der Waals surface area contributed by atoms with Crippen molar-refractivity contribution in [3.05, 3.63) is 47.5 Å². The highest BCUT2D eigenvalue weighted by Crippen LogP contribution is 2.41. The van der Waals surface area contributed by atoms with Crippen LogP contribution in [0.15, 0.2) is 36.4 Å². The lowest BCUT2D eigenvalue weighted by Gasteiger charge is -2.18. The number of hydrogen-bond donors (Lipinski definition) is 2. The average molecular weight is 344 g/mol. The van der Waals surface area contributed by atoms with Crippen LogP contribution in [-0.2, 0) is 4.79 Å². The molecule has 0 saturated heterocycles. The predicted molar refractivity (Wildman–Crippen MR) is 92.6 cm³/mol. The zero-order chi connectivity index (χ0) is 18.6. The zero-order valence-corrected chi connectivity index (χ0v) is 14.3. The molecule has 0 bridgehead atoms. The number of carboxylic acid groups (broad SMARTS) is 2. The monoisotopic (exact) mass is 344 g/mol. The molecule has 6 heteroatoms. The van der Waals surface area contributed by atoms with Gasteiger partial charge >= 0.3 is 11.9 Å². The normalized spacial score (nSPS) is 11.6. The van der Waals surface area contributed by atoms with E-state index in [1.165, 1.54) is 26.4 Å². The fourth-order valence-electron chi connectivity index (χ4n) is 2.66. The minimum absolute atomic E-state index is 0.00707. The molecule has 0 aliphatic rings. The smallest absolute Gasteiger partial charge is 0.335 e. The van der Waals surface area contributed by atoms with E-state index in [-0.39, 0.29) is 17.9 Å². The molecule has 0 saturated carbocycles. The third-order valence-electron chi connectivity index (χ3n) is 3.99. The molecule has 0 aliphatic carbocycles. The molecule has 0 radical (unpaired) electrons. The number of aliphatic carboxylic acids is 1. The molecule has 2 N–H and O–H groups in total. The molecule has 2 aromatic carbocycles. The van der Waals surface area contributed by atoms with Gasteiger partial charge in [0.2, 0.25) is 0 Å². The minimum atomic E-state index is -1.00. The van der Waals surface area contributed by atoms with Gasteiger partial charge in [-0.25, -0.2) is 4.79 Å². The summed E-state index contributed by atoms with van der Waals surface area (Å²) in [6.45, 7) is 1.83. The van der Waals surface area contributed by atoms with Gasteiger partial charge in [0.15, 0.2) is 11.5 Å². The Bertz CT molecular complexity index is 779. The highest BCUT2D eigenvalue weighted by Gasteiger charge is 2.18. The lowest BCUT2D eigenvalue weighted by atomic mass is 9.92. The zero-order valence-electron chi connectivity index (χ0n) is 14.3. The maximum atomic E-state index is 11.0. The van der Waals surface area contributed by atoms with Gasteiger partial charge in [-0.3, -0.25) is 4.79 Å². The van der Waals surface area contributed by atoms with Crippen molar-refractivity contribution in [2.75, 3.05) is 14.2 Å². The van der Waals surface area contributed by atoms with E-state index in [2.05, 4.69) is 0 Å². The first-order chi connectivity index (χ1) is 11.9. The van der Waals surface area contributed by atoms with Crippen molar-refractivity contribution in [3.63, 3.8) is 0 Å². The molecule has 1 atom stereocenters. The first-order valence-corrected chi connectivity index (χ1v) is 7.68. The predicted octanol–water partition coefficient (Wildman–Crippen LogP) is 3.65. The van der Waals surface area contributed by atoms with Gasteiger partial charge in [-0.1, -0.05) is 19.1 Å². The highest BCUT2D eigenvalue weighted by molar-refractivity contribution is 5.88. The van der Waals surface area contributed by atoms with E-state index < -0.39 is 11.9 Å². The second-order valence-corrected chi connectivity index (χ2v) is 5.69. The van der Waals surface area contributed by atoms with Crippen molar-refractivity contribution in [1.82, 2.24) is 0 Å². The quantitative estimate of drug-likeness (QED) is 0.796. The topological polar surface area (TPSA) is 93.1 Å². The average Bonchev–Trinajstić information content (AvgIpc) is 2.59. The second kappa shape index (κ2) is 7.70. The van der Waals surface area contributed by atoms with Gasteiger partial charge in [-0.15, -0.1) is 0 Å². The summed E-state index contributed by atoms with van der Waals surface area (Å²) < 4.78 is 10.8. The van der Waals surface area contributed by atoms with Gasteiger partial charge in [-0.2, -0.15) is 0 Å². The molecule has 2 aromatic rings. The Kier molecular flexibility index (Phi) is 5.64. The first kappa shape index (κ1) is 18.3. The summed E-state index contributed by atoms with van der Waals surface area (Å²) in [7, 11) is 3.04. The van der Waals surface area contributed by atoms with Crippen molar-refractivity contribution in [1.29, 1.82) is 0 Å². The fourth-order valence-corrected chi connectivity index (χ4v) is 2.66. The van der Waals surface area contributed by atoms with Crippen LogP contribution in [0.4, 0.5) is 0 Å². The molecule has 0 aromatic heterocycles. The van der Waals surface area contributed by atoms with E-state index in [4.69, 9.17) is 19.7 Å². The van der Waals surface area contributed by atoms with E-state index in [1.807, 2.05) is 13.0 Å². The molecule has 132 valence electrons. The van der Waals surface area contributed by atoms with Crippen LogP contribution in [0.2, 0.25) is 0 Å². The van der Waals surface area contributed by atoms with Gasteiger partial charge in [0.25, 0.3) is 0 Å². The third kappa shape index (κ3) is 4.09. The lowest BCUT2D eigenvalue weighted by molar-refractivity contribution is -0.137. The molecule has 0 aliphatic heterocycles. The Balaban J connectivity index is 2.57. The summed E-state index contributed by atoms with van der Waals surface area (Å²) in [5.74, 6) is -1.09. The lowest BCUT2D eigenvalue weighted by Crippen LogP contribution is -2.04. The molecule has 0 heterocycles. The minimum Gasteiger partial charge on any atom is -0.493 e. The maximum Gasteiger partial charge on any atom is 0.335 e. The summed E-state index contributed by atoms with van der Waals surface area (Å²) >= 11 is 0. The Labute approximate surface area is 145 Å². The van der Waals surface area contributed by atoms with Crippen molar-refractivity contribution < 1.29 is 29.3 Å². The Hall–Kier alpha value is -3.02. The Morgan fingerprint density at radius 3 is 2.16 bits per heavy atom. The molecule has 2 rings (SSSR count). The van der Waals surface area contributed by atoms with Gasteiger partial charge in [0.05, 0.1) is 26.2 Å². The largest absolute Gasteiger partial charge is 0.493 e. The van der Waals surface area contributed by atoms with E-state index >= 15 is 0 Å².